The Labute approximate surface area is 155 Å². The van der Waals surface area contributed by atoms with Gasteiger partial charge in [-0.05, 0) is 33.3 Å². The van der Waals surface area contributed by atoms with E-state index in [-0.39, 0.29) is 24.8 Å². The van der Waals surface area contributed by atoms with Gasteiger partial charge in [0.05, 0.1) is 19.8 Å². The van der Waals surface area contributed by atoms with Crippen LogP contribution in [0.15, 0.2) is 0 Å². The molecule has 0 aliphatic heterocycles. The third kappa shape index (κ3) is 4.72. The minimum Gasteiger partial charge on any atom is -0.461 e. The van der Waals surface area contributed by atoms with Crippen molar-refractivity contribution < 1.29 is 23.9 Å². The van der Waals surface area contributed by atoms with E-state index in [2.05, 4.69) is 0 Å². The van der Waals surface area contributed by atoms with Crippen molar-refractivity contribution in [3.63, 3.8) is 0 Å². The topological polar surface area (TPSA) is 77.8 Å². The molecule has 146 valence electrons. The van der Waals surface area contributed by atoms with Crippen LogP contribution in [0.25, 0.3) is 0 Å². The number of Topliss-reactive ketones (excluding diaryl/α,β-unsaturated/α-hetero) is 1. The summed E-state index contributed by atoms with van der Waals surface area (Å²) in [6, 6.07) is 0. The first-order valence-electron chi connectivity index (χ1n) is 9.00. The largest absolute Gasteiger partial charge is 0.461 e. The fourth-order valence-corrected chi connectivity index (χ4v) is 3.13. The maximum atomic E-state index is 12.9. The van der Waals surface area contributed by atoms with Gasteiger partial charge in [0.15, 0.2) is 5.78 Å². The smallest absolute Gasteiger partial charge is 0.355 e. The highest BCUT2D eigenvalue weighted by Gasteiger charge is 2.28. The molecule has 1 aromatic rings. The second kappa shape index (κ2) is 10.1. The van der Waals surface area contributed by atoms with E-state index >= 15 is 0 Å². The maximum absolute atomic E-state index is 12.9. The Morgan fingerprint density at radius 2 is 1.77 bits per heavy atom. The number of ether oxygens (including phenoxy) is 2. The van der Waals surface area contributed by atoms with Crippen molar-refractivity contribution >= 4 is 17.7 Å². The summed E-state index contributed by atoms with van der Waals surface area (Å²) in [5.41, 5.74) is 2.21. The van der Waals surface area contributed by atoms with E-state index in [0.717, 1.165) is 0 Å². The lowest BCUT2D eigenvalue weighted by atomic mass is 10.0. The van der Waals surface area contributed by atoms with Gasteiger partial charge in [-0.1, -0.05) is 6.92 Å². The minimum absolute atomic E-state index is 0.0340. The molecular formula is C19H30N2O5. The second-order valence-corrected chi connectivity index (χ2v) is 5.98. The lowest BCUT2D eigenvalue weighted by Gasteiger charge is -2.21. The van der Waals surface area contributed by atoms with Crippen LogP contribution in [0.3, 0.4) is 0 Å². The number of ketones is 1. The number of aromatic nitrogens is 1. The van der Waals surface area contributed by atoms with Gasteiger partial charge in [0.1, 0.15) is 5.69 Å². The quantitative estimate of drug-likeness (QED) is 0.469. The molecule has 0 aromatic carbocycles. The molecule has 0 unspecified atom stereocenters. The number of rotatable bonds is 10. The van der Waals surface area contributed by atoms with E-state index in [0.29, 0.717) is 48.6 Å². The molecule has 1 heterocycles. The molecular weight excluding hydrogens is 336 g/mol. The Hall–Kier alpha value is -2.15. The molecule has 0 saturated heterocycles. The van der Waals surface area contributed by atoms with Crippen LogP contribution >= 0.6 is 0 Å². The predicted molar refractivity (Wildman–Crippen MR) is 98.6 cm³/mol. The summed E-state index contributed by atoms with van der Waals surface area (Å²) in [7, 11) is 1.55. The van der Waals surface area contributed by atoms with Gasteiger partial charge in [-0.15, -0.1) is 0 Å². The van der Waals surface area contributed by atoms with Crippen molar-refractivity contribution in [2.75, 3.05) is 33.4 Å². The van der Waals surface area contributed by atoms with Gasteiger partial charge in [-0.25, -0.2) is 4.79 Å². The fraction of sp³-hybridized carbons (Fsp3) is 0.632. The SMILES string of the molecule is CCOC(=O)c1c(C)c(C(=O)CN(CCOC)C(=O)CC)c(C)n1CC. The Balaban J connectivity index is 3.22. The molecule has 0 radical (unpaired) electrons. The second-order valence-electron chi connectivity index (χ2n) is 5.98. The molecule has 7 nitrogen and oxygen atoms in total. The standard InChI is InChI=1S/C19H30N2O5/c1-7-16(23)20(10-11-25-6)12-15(22)17-13(4)18(19(24)26-9-3)21(8-2)14(17)5/h7-12H2,1-6H3. The lowest BCUT2D eigenvalue weighted by molar-refractivity contribution is -0.131. The molecule has 0 spiro atoms. The molecule has 26 heavy (non-hydrogen) atoms. The van der Waals surface area contributed by atoms with Gasteiger partial charge in [-0.2, -0.15) is 0 Å². The van der Waals surface area contributed by atoms with Crippen LogP contribution in [0.2, 0.25) is 0 Å². The zero-order chi connectivity index (χ0) is 19.9. The molecule has 0 atom stereocenters. The van der Waals surface area contributed by atoms with Crippen molar-refractivity contribution in [1.82, 2.24) is 9.47 Å². The molecule has 1 amide bonds. The summed E-state index contributed by atoms with van der Waals surface area (Å²) in [5, 5.41) is 0. The Kier molecular flexibility index (Phi) is 8.51. The number of amides is 1. The number of carbonyl (C=O) groups is 3. The average molecular weight is 366 g/mol. The zero-order valence-electron chi connectivity index (χ0n) is 16.7. The first kappa shape index (κ1) is 21.9. The van der Waals surface area contributed by atoms with E-state index in [9.17, 15) is 14.4 Å². The van der Waals surface area contributed by atoms with Crippen LogP contribution in [-0.2, 0) is 20.8 Å². The van der Waals surface area contributed by atoms with Gasteiger partial charge in [0, 0.05) is 37.9 Å². The predicted octanol–water partition coefficient (Wildman–Crippen LogP) is 2.37. The highest BCUT2D eigenvalue weighted by molar-refractivity contribution is 6.04. The van der Waals surface area contributed by atoms with Crippen LogP contribution in [0.5, 0.6) is 0 Å². The molecule has 0 aliphatic rings. The average Bonchev–Trinajstić information content (AvgIpc) is 2.87. The van der Waals surface area contributed by atoms with E-state index in [1.54, 1.807) is 32.4 Å². The van der Waals surface area contributed by atoms with Crippen LogP contribution < -0.4 is 0 Å². The zero-order valence-corrected chi connectivity index (χ0v) is 16.7. The van der Waals surface area contributed by atoms with Crippen molar-refractivity contribution in [1.29, 1.82) is 0 Å². The molecule has 0 fully saturated rings. The number of nitrogens with zero attached hydrogens (tertiary/aromatic N) is 2. The van der Waals surface area contributed by atoms with E-state index in [1.807, 2.05) is 13.8 Å². The normalized spacial score (nSPS) is 10.7. The van der Waals surface area contributed by atoms with Crippen molar-refractivity contribution in [2.24, 2.45) is 0 Å². The molecule has 7 heteroatoms. The van der Waals surface area contributed by atoms with Crippen molar-refractivity contribution in [3.05, 3.63) is 22.5 Å². The Bertz CT molecular complexity index is 663. The molecule has 1 aromatic heterocycles. The van der Waals surface area contributed by atoms with Crippen LogP contribution in [0.4, 0.5) is 0 Å². The molecule has 1 rings (SSSR count). The monoisotopic (exact) mass is 366 g/mol. The van der Waals surface area contributed by atoms with Gasteiger partial charge in [0.2, 0.25) is 5.91 Å². The highest BCUT2D eigenvalue weighted by atomic mass is 16.5. The molecule has 0 saturated carbocycles. The van der Waals surface area contributed by atoms with Gasteiger partial charge in [0.25, 0.3) is 0 Å². The minimum atomic E-state index is -0.435. The number of carbonyl (C=O) groups excluding carboxylic acids is 3. The van der Waals surface area contributed by atoms with Crippen molar-refractivity contribution in [3.8, 4) is 0 Å². The van der Waals surface area contributed by atoms with Gasteiger partial charge < -0.3 is 18.9 Å². The maximum Gasteiger partial charge on any atom is 0.355 e. The van der Waals surface area contributed by atoms with E-state index in [1.165, 1.54) is 4.90 Å². The number of hydrogen-bond acceptors (Lipinski definition) is 5. The summed E-state index contributed by atoms with van der Waals surface area (Å²) < 4.78 is 12.0. The van der Waals surface area contributed by atoms with Crippen LogP contribution in [-0.4, -0.2) is 60.5 Å². The Morgan fingerprint density at radius 3 is 2.27 bits per heavy atom. The van der Waals surface area contributed by atoms with Gasteiger partial charge >= 0.3 is 5.97 Å². The third-order valence-electron chi connectivity index (χ3n) is 4.39. The number of esters is 1. The first-order chi connectivity index (χ1) is 12.3. The highest BCUT2D eigenvalue weighted by Crippen LogP contribution is 2.24. The first-order valence-corrected chi connectivity index (χ1v) is 9.00. The lowest BCUT2D eigenvalue weighted by Crippen LogP contribution is -2.37. The summed E-state index contributed by atoms with van der Waals surface area (Å²) >= 11 is 0. The Morgan fingerprint density at radius 1 is 1.12 bits per heavy atom. The van der Waals surface area contributed by atoms with E-state index < -0.39 is 5.97 Å². The van der Waals surface area contributed by atoms with Crippen LogP contribution in [0.1, 0.15) is 59.3 Å². The summed E-state index contributed by atoms with van der Waals surface area (Å²) in [4.78, 5) is 38.9. The van der Waals surface area contributed by atoms with Crippen molar-refractivity contribution in [2.45, 2.75) is 47.6 Å². The summed E-state index contributed by atoms with van der Waals surface area (Å²) in [6.45, 7) is 10.5. The molecule has 0 bridgehead atoms. The third-order valence-corrected chi connectivity index (χ3v) is 4.39. The summed E-state index contributed by atoms with van der Waals surface area (Å²) in [6.07, 6.45) is 0.318. The van der Waals surface area contributed by atoms with Gasteiger partial charge in [-0.3, -0.25) is 9.59 Å². The molecule has 0 aliphatic carbocycles. The summed E-state index contributed by atoms with van der Waals surface area (Å²) in [5.74, 6) is -0.725. The van der Waals surface area contributed by atoms with E-state index in [4.69, 9.17) is 9.47 Å². The number of hydrogen-bond donors (Lipinski definition) is 0. The molecule has 0 N–H and O–H groups in total. The number of methoxy groups -OCH3 is 1. The fourth-order valence-electron chi connectivity index (χ4n) is 3.13. The van der Waals surface area contributed by atoms with Crippen LogP contribution in [0, 0.1) is 13.8 Å².